The summed E-state index contributed by atoms with van der Waals surface area (Å²) in [6.45, 7) is 0.454. The number of nitrogens with one attached hydrogen (secondary N) is 3. The number of anilines is 1. The first-order valence-electron chi connectivity index (χ1n) is 5.94. The van der Waals surface area contributed by atoms with Gasteiger partial charge in [0.05, 0.1) is 0 Å². The van der Waals surface area contributed by atoms with Gasteiger partial charge < -0.3 is 16.4 Å². The van der Waals surface area contributed by atoms with Crippen LogP contribution in [0.1, 0.15) is 16.2 Å². The highest BCUT2D eigenvalue weighted by atomic mass is 16.2. The Labute approximate surface area is 114 Å². The second kappa shape index (κ2) is 6.32. The molecule has 0 fully saturated rings. The van der Waals surface area contributed by atoms with Crippen molar-refractivity contribution in [3.63, 3.8) is 0 Å². The molecule has 3 amide bonds. The van der Waals surface area contributed by atoms with Gasteiger partial charge in [0.15, 0.2) is 0 Å². The Bertz CT molecular complexity index is 579. The van der Waals surface area contributed by atoms with E-state index in [4.69, 9.17) is 5.73 Å². The lowest BCUT2D eigenvalue weighted by Gasteiger charge is -2.05. The van der Waals surface area contributed by atoms with Gasteiger partial charge in [-0.15, -0.1) is 0 Å². The SMILES string of the molecule is NC(=O)Nc1ccc(C(=O)NCCc2ncn[nH]2)cc1. The van der Waals surface area contributed by atoms with Gasteiger partial charge in [-0.2, -0.15) is 5.10 Å². The van der Waals surface area contributed by atoms with Crippen LogP contribution in [0.25, 0.3) is 0 Å². The molecule has 0 saturated heterocycles. The third kappa shape index (κ3) is 3.80. The molecule has 0 aliphatic rings. The van der Waals surface area contributed by atoms with Gasteiger partial charge in [0.2, 0.25) is 0 Å². The number of aromatic nitrogens is 3. The molecule has 2 rings (SSSR count). The van der Waals surface area contributed by atoms with E-state index in [1.807, 2.05) is 0 Å². The van der Waals surface area contributed by atoms with Crippen molar-refractivity contribution in [3.05, 3.63) is 42.0 Å². The first kappa shape index (κ1) is 13.5. The number of nitrogens with two attached hydrogens (primary N) is 1. The standard InChI is InChI=1S/C12H14N6O2/c13-12(20)17-9-3-1-8(2-4-9)11(19)14-6-5-10-15-7-16-18-10/h1-4,7H,5-6H2,(H,14,19)(H3,13,17,20)(H,15,16,18). The van der Waals surface area contributed by atoms with E-state index in [0.29, 0.717) is 30.0 Å². The van der Waals surface area contributed by atoms with Crippen molar-refractivity contribution < 1.29 is 9.59 Å². The molecule has 8 nitrogen and oxygen atoms in total. The Kier molecular flexibility index (Phi) is 4.28. The summed E-state index contributed by atoms with van der Waals surface area (Å²) in [5.74, 6) is 0.515. The molecule has 1 aromatic carbocycles. The molecule has 104 valence electrons. The maximum absolute atomic E-state index is 11.8. The average molecular weight is 274 g/mol. The molecule has 1 aromatic heterocycles. The minimum absolute atomic E-state index is 0.199. The van der Waals surface area contributed by atoms with Gasteiger partial charge in [-0.05, 0) is 24.3 Å². The zero-order valence-corrected chi connectivity index (χ0v) is 10.6. The van der Waals surface area contributed by atoms with Gasteiger partial charge in [-0.3, -0.25) is 9.89 Å². The Balaban J connectivity index is 1.84. The fraction of sp³-hybridized carbons (Fsp3) is 0.167. The van der Waals surface area contributed by atoms with E-state index in [9.17, 15) is 9.59 Å². The summed E-state index contributed by atoms with van der Waals surface area (Å²) >= 11 is 0. The second-order valence-corrected chi connectivity index (χ2v) is 4.00. The highest BCUT2D eigenvalue weighted by Gasteiger charge is 2.05. The Morgan fingerprint density at radius 2 is 2.00 bits per heavy atom. The molecule has 0 saturated carbocycles. The summed E-state index contributed by atoms with van der Waals surface area (Å²) in [6, 6.07) is 5.78. The van der Waals surface area contributed by atoms with E-state index < -0.39 is 6.03 Å². The smallest absolute Gasteiger partial charge is 0.316 e. The molecule has 0 spiro atoms. The van der Waals surface area contributed by atoms with Crippen molar-refractivity contribution >= 4 is 17.6 Å². The fourth-order valence-electron chi connectivity index (χ4n) is 1.59. The number of H-pyrrole nitrogens is 1. The van der Waals surface area contributed by atoms with E-state index in [1.165, 1.54) is 6.33 Å². The largest absolute Gasteiger partial charge is 0.352 e. The summed E-state index contributed by atoms with van der Waals surface area (Å²) in [7, 11) is 0. The summed E-state index contributed by atoms with van der Waals surface area (Å²) in [5, 5.41) is 11.6. The van der Waals surface area contributed by atoms with Gasteiger partial charge in [0, 0.05) is 24.2 Å². The van der Waals surface area contributed by atoms with Gasteiger partial charge in [-0.1, -0.05) is 0 Å². The highest BCUT2D eigenvalue weighted by Crippen LogP contribution is 2.09. The number of aromatic amines is 1. The van der Waals surface area contributed by atoms with Crippen molar-refractivity contribution in [2.45, 2.75) is 6.42 Å². The number of carbonyl (C=O) groups excluding carboxylic acids is 2. The summed E-state index contributed by atoms with van der Waals surface area (Å²) < 4.78 is 0. The molecule has 20 heavy (non-hydrogen) atoms. The molecule has 0 radical (unpaired) electrons. The third-order valence-corrected chi connectivity index (χ3v) is 2.53. The quantitative estimate of drug-likeness (QED) is 0.624. The second-order valence-electron chi connectivity index (χ2n) is 4.00. The van der Waals surface area contributed by atoms with Crippen LogP contribution in [0.3, 0.4) is 0 Å². The fourth-order valence-corrected chi connectivity index (χ4v) is 1.59. The number of primary amides is 1. The van der Waals surface area contributed by atoms with Crippen LogP contribution in [0.2, 0.25) is 0 Å². The van der Waals surface area contributed by atoms with Gasteiger partial charge in [0.25, 0.3) is 5.91 Å². The number of rotatable bonds is 5. The van der Waals surface area contributed by atoms with E-state index in [1.54, 1.807) is 24.3 Å². The van der Waals surface area contributed by atoms with Crippen molar-refractivity contribution in [3.8, 4) is 0 Å². The number of carbonyl (C=O) groups is 2. The highest BCUT2D eigenvalue weighted by molar-refractivity contribution is 5.95. The maximum atomic E-state index is 11.8. The Morgan fingerprint density at radius 1 is 1.25 bits per heavy atom. The zero-order chi connectivity index (χ0) is 14.4. The Morgan fingerprint density at radius 3 is 2.60 bits per heavy atom. The summed E-state index contributed by atoms with van der Waals surface area (Å²) in [5.41, 5.74) is 6.03. The van der Waals surface area contributed by atoms with E-state index in [-0.39, 0.29) is 5.91 Å². The predicted molar refractivity (Wildman–Crippen MR) is 72.1 cm³/mol. The molecule has 0 aliphatic heterocycles. The normalized spacial score (nSPS) is 10.0. The number of urea groups is 1. The Hall–Kier alpha value is -2.90. The lowest BCUT2D eigenvalue weighted by atomic mass is 10.2. The molecule has 0 aliphatic carbocycles. The molecule has 0 bridgehead atoms. The van der Waals surface area contributed by atoms with Gasteiger partial charge in [0.1, 0.15) is 12.2 Å². The first-order chi connectivity index (χ1) is 9.65. The van der Waals surface area contributed by atoms with Crippen LogP contribution in [0, 0.1) is 0 Å². The summed E-state index contributed by atoms with van der Waals surface area (Å²) in [4.78, 5) is 26.5. The molecule has 8 heteroatoms. The molecular weight excluding hydrogens is 260 g/mol. The van der Waals surface area contributed by atoms with Crippen LogP contribution in [0.5, 0.6) is 0 Å². The third-order valence-electron chi connectivity index (χ3n) is 2.53. The minimum Gasteiger partial charge on any atom is -0.352 e. The number of nitrogens with zero attached hydrogens (tertiary/aromatic N) is 2. The first-order valence-corrected chi connectivity index (χ1v) is 5.94. The molecule has 2 aromatic rings. The molecular formula is C12H14N6O2. The van der Waals surface area contributed by atoms with Crippen LogP contribution in [0.15, 0.2) is 30.6 Å². The van der Waals surface area contributed by atoms with Crippen LogP contribution < -0.4 is 16.4 Å². The van der Waals surface area contributed by atoms with Crippen LogP contribution in [-0.4, -0.2) is 33.7 Å². The van der Waals surface area contributed by atoms with Crippen molar-refractivity contribution in [2.24, 2.45) is 5.73 Å². The monoisotopic (exact) mass is 274 g/mol. The zero-order valence-electron chi connectivity index (χ0n) is 10.6. The van der Waals surface area contributed by atoms with Crippen molar-refractivity contribution in [1.29, 1.82) is 0 Å². The van der Waals surface area contributed by atoms with Crippen LogP contribution in [0.4, 0.5) is 10.5 Å². The number of amides is 3. The van der Waals surface area contributed by atoms with Crippen LogP contribution >= 0.6 is 0 Å². The van der Waals surface area contributed by atoms with Gasteiger partial charge in [-0.25, -0.2) is 9.78 Å². The number of hydrogen-bond acceptors (Lipinski definition) is 4. The molecule has 1 heterocycles. The predicted octanol–water partition coefficient (Wildman–Crippen LogP) is 0.268. The van der Waals surface area contributed by atoms with Crippen molar-refractivity contribution in [2.75, 3.05) is 11.9 Å². The number of hydrogen-bond donors (Lipinski definition) is 4. The van der Waals surface area contributed by atoms with Gasteiger partial charge >= 0.3 is 6.03 Å². The van der Waals surface area contributed by atoms with Crippen molar-refractivity contribution in [1.82, 2.24) is 20.5 Å². The van der Waals surface area contributed by atoms with Crippen LogP contribution in [-0.2, 0) is 6.42 Å². The maximum Gasteiger partial charge on any atom is 0.316 e. The molecule has 5 N–H and O–H groups in total. The molecule has 0 atom stereocenters. The topological polar surface area (TPSA) is 126 Å². The number of benzene rings is 1. The lowest BCUT2D eigenvalue weighted by Crippen LogP contribution is -2.26. The molecule has 0 unspecified atom stereocenters. The van der Waals surface area contributed by atoms with E-state index in [0.717, 1.165) is 0 Å². The lowest BCUT2D eigenvalue weighted by molar-refractivity contribution is 0.0954. The average Bonchev–Trinajstić information content (AvgIpc) is 2.92. The summed E-state index contributed by atoms with van der Waals surface area (Å²) in [6.07, 6.45) is 1.99. The minimum atomic E-state index is -0.644. The van der Waals surface area contributed by atoms with E-state index in [2.05, 4.69) is 25.8 Å². The van der Waals surface area contributed by atoms with E-state index >= 15 is 0 Å².